The second-order valence-electron chi connectivity index (χ2n) is 6.18. The molecule has 1 atom stereocenters. The molecule has 106 valence electrons. The van der Waals surface area contributed by atoms with E-state index in [1.54, 1.807) is 0 Å². The second kappa shape index (κ2) is 5.72. The van der Waals surface area contributed by atoms with E-state index in [-0.39, 0.29) is 11.6 Å². The minimum Gasteiger partial charge on any atom is -0.366 e. The monoisotopic (exact) mass is 280 g/mol. The summed E-state index contributed by atoms with van der Waals surface area (Å²) in [4.78, 5) is 2.50. The highest BCUT2D eigenvalue weighted by Crippen LogP contribution is 2.38. The topological polar surface area (TPSA) is 29.3 Å². The maximum Gasteiger partial charge on any atom is 0.0459 e. The van der Waals surface area contributed by atoms with E-state index in [0.717, 1.165) is 24.4 Å². The smallest absolute Gasteiger partial charge is 0.0459 e. The lowest BCUT2D eigenvalue weighted by atomic mass is 9.98. The molecule has 1 aromatic rings. The van der Waals surface area contributed by atoms with Crippen LogP contribution < -0.4 is 10.6 Å². The second-order valence-corrected chi connectivity index (χ2v) is 6.58. The summed E-state index contributed by atoms with van der Waals surface area (Å²) in [5.41, 5.74) is 8.84. The van der Waals surface area contributed by atoms with E-state index < -0.39 is 0 Å². The van der Waals surface area contributed by atoms with Crippen LogP contribution in [0.1, 0.15) is 45.6 Å². The molecule has 1 aliphatic heterocycles. The lowest BCUT2D eigenvalue weighted by Crippen LogP contribution is -2.39. The Morgan fingerprint density at radius 1 is 1.42 bits per heavy atom. The SMILES string of the molecule is CCC(N)Cc1c(Cl)cccc1N1CCCC1(C)C. The van der Waals surface area contributed by atoms with Gasteiger partial charge in [0, 0.05) is 28.8 Å². The molecule has 2 nitrogen and oxygen atoms in total. The Labute approximate surface area is 121 Å². The number of hydrogen-bond acceptors (Lipinski definition) is 2. The minimum atomic E-state index is 0.185. The summed E-state index contributed by atoms with van der Waals surface area (Å²) in [5.74, 6) is 0. The van der Waals surface area contributed by atoms with Crippen LogP contribution in [0.5, 0.6) is 0 Å². The third-order valence-corrected chi connectivity index (χ3v) is 4.63. The number of anilines is 1. The normalized spacial score (nSPS) is 19.7. The fourth-order valence-electron chi connectivity index (χ4n) is 2.96. The molecule has 1 heterocycles. The van der Waals surface area contributed by atoms with Crippen LogP contribution in [0, 0.1) is 0 Å². The molecular weight excluding hydrogens is 256 g/mol. The molecular formula is C16H25ClN2. The predicted octanol–water partition coefficient (Wildman–Crippen LogP) is 4.00. The largest absolute Gasteiger partial charge is 0.366 e. The highest BCUT2D eigenvalue weighted by atomic mass is 35.5. The van der Waals surface area contributed by atoms with Crippen molar-refractivity contribution >= 4 is 17.3 Å². The molecule has 1 fully saturated rings. The molecule has 0 amide bonds. The molecule has 3 heteroatoms. The predicted molar refractivity (Wildman–Crippen MR) is 84.1 cm³/mol. The van der Waals surface area contributed by atoms with E-state index in [0.29, 0.717) is 0 Å². The van der Waals surface area contributed by atoms with Crippen molar-refractivity contribution < 1.29 is 0 Å². The number of benzene rings is 1. The quantitative estimate of drug-likeness (QED) is 0.903. The lowest BCUT2D eigenvalue weighted by molar-refractivity contribution is 0.515. The molecule has 0 bridgehead atoms. The zero-order valence-electron chi connectivity index (χ0n) is 12.2. The van der Waals surface area contributed by atoms with Crippen LogP contribution in [-0.2, 0) is 6.42 Å². The fourth-order valence-corrected chi connectivity index (χ4v) is 3.21. The first-order chi connectivity index (χ1) is 8.95. The summed E-state index contributed by atoms with van der Waals surface area (Å²) in [6, 6.07) is 6.40. The van der Waals surface area contributed by atoms with Gasteiger partial charge >= 0.3 is 0 Å². The summed E-state index contributed by atoms with van der Waals surface area (Å²) >= 11 is 6.42. The Morgan fingerprint density at radius 3 is 2.74 bits per heavy atom. The number of nitrogens with two attached hydrogens (primary N) is 1. The first-order valence-corrected chi connectivity index (χ1v) is 7.64. The van der Waals surface area contributed by atoms with Gasteiger partial charge in [-0.2, -0.15) is 0 Å². The van der Waals surface area contributed by atoms with Crippen molar-refractivity contribution in [3.05, 3.63) is 28.8 Å². The van der Waals surface area contributed by atoms with E-state index in [2.05, 4.69) is 31.7 Å². The number of rotatable bonds is 4. The summed E-state index contributed by atoms with van der Waals surface area (Å²) in [6.07, 6.45) is 4.32. The first kappa shape index (κ1) is 14.7. The Bertz CT molecular complexity index is 442. The highest BCUT2D eigenvalue weighted by Gasteiger charge is 2.33. The van der Waals surface area contributed by atoms with Gasteiger partial charge in [-0.25, -0.2) is 0 Å². The molecule has 2 rings (SSSR count). The molecule has 1 aromatic carbocycles. The molecule has 19 heavy (non-hydrogen) atoms. The van der Waals surface area contributed by atoms with E-state index in [1.165, 1.54) is 24.1 Å². The van der Waals surface area contributed by atoms with Crippen LogP contribution >= 0.6 is 11.6 Å². The van der Waals surface area contributed by atoms with Gasteiger partial charge in [0.15, 0.2) is 0 Å². The summed E-state index contributed by atoms with van der Waals surface area (Å²) in [6.45, 7) is 7.86. The standard InChI is InChI=1S/C16H25ClN2/c1-4-12(18)11-13-14(17)7-5-8-15(13)19-10-6-9-16(19,2)3/h5,7-8,12H,4,6,9-11,18H2,1-3H3. The zero-order valence-corrected chi connectivity index (χ0v) is 13.0. The van der Waals surface area contributed by atoms with Crippen LogP contribution in [-0.4, -0.2) is 18.1 Å². The van der Waals surface area contributed by atoms with Gasteiger partial charge in [-0.1, -0.05) is 24.6 Å². The van der Waals surface area contributed by atoms with Crippen molar-refractivity contribution in [2.75, 3.05) is 11.4 Å². The molecule has 0 aliphatic carbocycles. The zero-order chi connectivity index (χ0) is 14.0. The van der Waals surface area contributed by atoms with E-state index in [4.69, 9.17) is 17.3 Å². The molecule has 1 aliphatic rings. The maximum absolute atomic E-state index is 6.42. The molecule has 2 N–H and O–H groups in total. The summed E-state index contributed by atoms with van der Waals surface area (Å²) < 4.78 is 0. The molecule has 1 saturated heterocycles. The van der Waals surface area contributed by atoms with Crippen molar-refractivity contribution in [1.29, 1.82) is 0 Å². The third kappa shape index (κ3) is 3.06. The van der Waals surface area contributed by atoms with Crippen LogP contribution in [0.3, 0.4) is 0 Å². The Morgan fingerprint density at radius 2 is 2.16 bits per heavy atom. The van der Waals surface area contributed by atoms with E-state index in [1.807, 2.05) is 12.1 Å². The van der Waals surface area contributed by atoms with Gasteiger partial charge in [0.1, 0.15) is 0 Å². The van der Waals surface area contributed by atoms with Crippen LogP contribution in [0.25, 0.3) is 0 Å². The van der Waals surface area contributed by atoms with Gasteiger partial charge in [-0.15, -0.1) is 0 Å². The average molecular weight is 281 g/mol. The number of nitrogens with zero attached hydrogens (tertiary/aromatic N) is 1. The number of halogens is 1. The average Bonchev–Trinajstić information content (AvgIpc) is 2.71. The van der Waals surface area contributed by atoms with Crippen LogP contribution in [0.15, 0.2) is 18.2 Å². The van der Waals surface area contributed by atoms with Gasteiger partial charge < -0.3 is 10.6 Å². The summed E-state index contributed by atoms with van der Waals surface area (Å²) in [5, 5.41) is 0.851. The van der Waals surface area contributed by atoms with E-state index >= 15 is 0 Å². The van der Waals surface area contributed by atoms with Crippen molar-refractivity contribution in [3.63, 3.8) is 0 Å². The Kier molecular flexibility index (Phi) is 4.42. The third-order valence-electron chi connectivity index (χ3n) is 4.28. The Balaban J connectivity index is 2.37. The first-order valence-electron chi connectivity index (χ1n) is 7.26. The van der Waals surface area contributed by atoms with Crippen molar-refractivity contribution in [2.24, 2.45) is 5.73 Å². The number of hydrogen-bond donors (Lipinski definition) is 1. The minimum absolute atomic E-state index is 0.185. The van der Waals surface area contributed by atoms with Crippen molar-refractivity contribution in [2.45, 2.75) is 58.0 Å². The molecule has 0 aromatic heterocycles. The van der Waals surface area contributed by atoms with Gasteiger partial charge in [-0.3, -0.25) is 0 Å². The maximum atomic E-state index is 6.42. The van der Waals surface area contributed by atoms with Crippen LogP contribution in [0.2, 0.25) is 5.02 Å². The van der Waals surface area contributed by atoms with Crippen molar-refractivity contribution in [3.8, 4) is 0 Å². The highest BCUT2D eigenvalue weighted by molar-refractivity contribution is 6.31. The Hall–Kier alpha value is -0.730. The fraction of sp³-hybridized carbons (Fsp3) is 0.625. The molecule has 0 saturated carbocycles. The molecule has 0 spiro atoms. The van der Waals surface area contributed by atoms with Gasteiger partial charge in [0.05, 0.1) is 0 Å². The molecule has 0 radical (unpaired) electrons. The molecule has 1 unspecified atom stereocenters. The van der Waals surface area contributed by atoms with Crippen LogP contribution in [0.4, 0.5) is 5.69 Å². The van der Waals surface area contributed by atoms with E-state index in [9.17, 15) is 0 Å². The van der Waals surface area contributed by atoms with Gasteiger partial charge in [0.25, 0.3) is 0 Å². The lowest BCUT2D eigenvalue weighted by Gasteiger charge is -2.35. The van der Waals surface area contributed by atoms with Gasteiger partial charge in [0.2, 0.25) is 0 Å². The van der Waals surface area contributed by atoms with Gasteiger partial charge in [-0.05, 0) is 57.2 Å². The summed E-state index contributed by atoms with van der Waals surface area (Å²) in [7, 11) is 0. The van der Waals surface area contributed by atoms with Crippen molar-refractivity contribution in [1.82, 2.24) is 0 Å².